The molecule has 0 saturated heterocycles. The molecule has 0 aliphatic heterocycles. The van der Waals surface area contributed by atoms with Gasteiger partial charge in [-0.25, -0.2) is 21.6 Å². The quantitative estimate of drug-likeness (QED) is 0.0445. The molecule has 2 fully saturated rings. The molecule has 7 rings (SSSR count). The van der Waals surface area contributed by atoms with Crippen LogP contribution in [0.2, 0.25) is 5.02 Å². The minimum Gasteiger partial charge on any atom is -0.384 e. The van der Waals surface area contributed by atoms with Crippen molar-refractivity contribution in [2.45, 2.75) is 103 Å². The Morgan fingerprint density at radius 3 is 2.23 bits per heavy atom. The molecule has 10 nitrogen and oxygen atoms in total. The summed E-state index contributed by atoms with van der Waals surface area (Å²) in [5.74, 6) is -0.0164. The van der Waals surface area contributed by atoms with E-state index >= 15 is 0 Å². The molecule has 0 heterocycles. The van der Waals surface area contributed by atoms with Crippen LogP contribution in [0.15, 0.2) is 117 Å². The van der Waals surface area contributed by atoms with Crippen molar-refractivity contribution in [3.05, 3.63) is 119 Å². The summed E-state index contributed by atoms with van der Waals surface area (Å²) in [6.07, 6.45) is 11.8. The number of halogens is 4. The first-order valence-electron chi connectivity index (χ1n) is 22.4. The molecule has 4 N–H and O–H groups in total. The third kappa shape index (κ3) is 13.5. The van der Waals surface area contributed by atoms with Crippen molar-refractivity contribution in [2.75, 3.05) is 49.1 Å². The van der Waals surface area contributed by atoms with Gasteiger partial charge in [-0.2, -0.15) is 13.2 Å². The van der Waals surface area contributed by atoms with Gasteiger partial charge in [0, 0.05) is 71.7 Å². The predicted molar refractivity (Wildman–Crippen MR) is 255 cm³/mol. The smallest absolute Gasteiger partial charge is 0.384 e. The number of rotatable bonds is 22. The molecule has 0 bridgehead atoms. The highest BCUT2D eigenvalue weighted by Gasteiger charge is 2.48. The maximum absolute atomic E-state index is 14.3. The number of thioether (sulfide) groups is 1. The average Bonchev–Trinajstić information content (AvgIpc) is 4.01. The Morgan fingerprint density at radius 1 is 0.831 bits per heavy atom. The molecule has 3 aliphatic rings. The number of hydrogen-bond acceptors (Lipinski definition) is 10. The van der Waals surface area contributed by atoms with Crippen molar-refractivity contribution in [2.24, 2.45) is 5.92 Å². The number of anilines is 2. The zero-order valence-electron chi connectivity index (χ0n) is 36.2. The lowest BCUT2D eigenvalue weighted by Crippen LogP contribution is -2.36. The van der Waals surface area contributed by atoms with E-state index in [4.69, 9.17) is 11.6 Å². The molecule has 350 valence electrons. The Kier molecular flexibility index (Phi) is 16.7. The second-order valence-corrected chi connectivity index (χ2v) is 22.3. The molecule has 1 amide bonds. The second-order valence-electron chi connectivity index (χ2n) is 17.1. The van der Waals surface area contributed by atoms with Crippen LogP contribution in [0, 0.1) is 5.92 Å². The predicted octanol–water partition coefficient (Wildman–Crippen LogP) is 10.4. The average molecular weight is 973 g/mol. The summed E-state index contributed by atoms with van der Waals surface area (Å²) in [5.41, 5.74) is -1.50. The van der Waals surface area contributed by atoms with E-state index < -0.39 is 47.1 Å². The molecule has 0 radical (unpaired) electrons. The fourth-order valence-corrected chi connectivity index (χ4v) is 11.8. The fourth-order valence-electron chi connectivity index (χ4n) is 8.65. The van der Waals surface area contributed by atoms with Gasteiger partial charge in [0.15, 0.2) is 0 Å². The summed E-state index contributed by atoms with van der Waals surface area (Å²) in [5, 5.41) is 10.6. The molecule has 0 unspecified atom stereocenters. The van der Waals surface area contributed by atoms with Crippen LogP contribution in [0.1, 0.15) is 86.6 Å². The minimum atomic E-state index is -6.05. The normalized spacial score (nSPS) is 16.8. The number of alkyl halides is 3. The van der Waals surface area contributed by atoms with Gasteiger partial charge in [0.25, 0.3) is 25.8 Å². The summed E-state index contributed by atoms with van der Waals surface area (Å²) in [6.45, 7) is 3.62. The van der Waals surface area contributed by atoms with Crippen molar-refractivity contribution < 1.29 is 34.8 Å². The number of carbonyl (C=O) groups excluding carboxylic acids is 1. The second kappa shape index (κ2) is 22.2. The zero-order valence-corrected chi connectivity index (χ0v) is 39.4. The van der Waals surface area contributed by atoms with Crippen LogP contribution in [-0.4, -0.2) is 83.7 Å². The number of sulfone groups is 1. The van der Waals surface area contributed by atoms with E-state index in [1.54, 1.807) is 12.1 Å². The Labute approximate surface area is 390 Å². The molecule has 65 heavy (non-hydrogen) atoms. The summed E-state index contributed by atoms with van der Waals surface area (Å²) in [6, 6.07) is 26.0. The number of sulfonamides is 1. The van der Waals surface area contributed by atoms with Crippen LogP contribution in [0.3, 0.4) is 0 Å². The molecule has 4 aromatic carbocycles. The molecule has 4 aromatic rings. The van der Waals surface area contributed by atoms with Gasteiger partial charge in [0.2, 0.25) is 0 Å². The van der Waals surface area contributed by atoms with E-state index in [2.05, 4.69) is 33.0 Å². The SMILES string of the molecule is O=C(NS(=O)(=O)c1ccc(N[C@H](CCN(CC2CCCC2)C2CC2)CSc2ccccc2)c(S(=O)(=O)C(F)(F)F)c1)c1ccc(NCCNCC2=C(c3ccc(Cl)cc3)CCCC2)cc1. The van der Waals surface area contributed by atoms with Crippen LogP contribution in [-0.2, 0) is 19.9 Å². The van der Waals surface area contributed by atoms with Crippen LogP contribution in [0.4, 0.5) is 24.5 Å². The van der Waals surface area contributed by atoms with Crippen molar-refractivity contribution in [1.82, 2.24) is 14.9 Å². The summed E-state index contributed by atoms with van der Waals surface area (Å²) in [4.78, 5) is 14.6. The van der Waals surface area contributed by atoms with Gasteiger partial charge in [0.05, 0.1) is 10.6 Å². The molecule has 17 heteroatoms. The molecule has 0 aromatic heterocycles. The third-order valence-electron chi connectivity index (χ3n) is 12.3. The van der Waals surface area contributed by atoms with E-state index in [1.807, 2.05) is 47.2 Å². The Balaban J connectivity index is 0.997. The summed E-state index contributed by atoms with van der Waals surface area (Å²) in [7, 11) is -10.9. The lowest BCUT2D eigenvalue weighted by atomic mass is 9.87. The standard InChI is InChI=1S/C48H57ClF3N5O5S3/c49-38-18-14-35(15-19-38)44-13-7-6-10-37(44)31-53-27-28-54-39-20-16-36(17-21-39)47(58)56-65(61,62)43-24-25-45(46(30-43)64(59,60)48(50,51)52)55-40(33-63-42-11-2-1-3-12-42)26-29-57(41-22-23-41)32-34-8-4-5-9-34/h1-3,11-12,14-21,24-25,30,34,40-41,53-55H,4-10,13,22-23,26-29,31-33H2,(H,56,58)/t40-/m1/s1. The number of hydrogen-bond donors (Lipinski definition) is 4. The number of amides is 1. The highest BCUT2D eigenvalue weighted by molar-refractivity contribution is 7.99. The van der Waals surface area contributed by atoms with E-state index in [0.717, 1.165) is 68.6 Å². The fraction of sp³-hybridized carbons (Fsp3) is 0.438. The maximum Gasteiger partial charge on any atom is 0.501 e. The number of benzene rings is 4. The number of nitrogens with one attached hydrogen (secondary N) is 4. The Hall–Kier alpha value is -4.06. The van der Waals surface area contributed by atoms with Gasteiger partial charge < -0.3 is 20.9 Å². The van der Waals surface area contributed by atoms with Crippen LogP contribution in [0.5, 0.6) is 0 Å². The largest absolute Gasteiger partial charge is 0.501 e. The minimum absolute atomic E-state index is 0.0235. The van der Waals surface area contributed by atoms with Crippen LogP contribution < -0.4 is 20.7 Å². The van der Waals surface area contributed by atoms with Crippen molar-refractivity contribution >= 4 is 66.1 Å². The molecule has 2 saturated carbocycles. The van der Waals surface area contributed by atoms with E-state index in [-0.39, 0.29) is 11.3 Å². The molecule has 1 atom stereocenters. The number of allylic oxidation sites excluding steroid dienone is 1. The third-order valence-corrected chi connectivity index (χ3v) is 16.6. The van der Waals surface area contributed by atoms with Gasteiger partial charge in [-0.3, -0.25) is 4.79 Å². The first kappa shape index (κ1) is 48.9. The van der Waals surface area contributed by atoms with Gasteiger partial charge >= 0.3 is 5.51 Å². The zero-order chi connectivity index (χ0) is 46.0. The number of nitrogens with zero attached hydrogens (tertiary/aromatic N) is 1. The van der Waals surface area contributed by atoms with Crippen LogP contribution >= 0.6 is 23.4 Å². The van der Waals surface area contributed by atoms with Gasteiger partial charge in [-0.05, 0) is 142 Å². The van der Waals surface area contributed by atoms with Crippen molar-refractivity contribution in [1.29, 1.82) is 0 Å². The topological polar surface area (TPSA) is 137 Å². The monoisotopic (exact) mass is 971 g/mol. The van der Waals surface area contributed by atoms with Crippen molar-refractivity contribution in [3.63, 3.8) is 0 Å². The van der Waals surface area contributed by atoms with E-state index in [0.29, 0.717) is 60.5 Å². The van der Waals surface area contributed by atoms with Crippen LogP contribution in [0.25, 0.3) is 5.57 Å². The van der Waals surface area contributed by atoms with Gasteiger partial charge in [0.1, 0.15) is 4.90 Å². The molecular formula is C48H57ClF3N5O5S3. The van der Waals surface area contributed by atoms with Gasteiger partial charge in [-0.15, -0.1) is 11.8 Å². The molecule has 0 spiro atoms. The van der Waals surface area contributed by atoms with E-state index in [1.165, 1.54) is 66.3 Å². The summed E-state index contributed by atoms with van der Waals surface area (Å²) < 4.78 is 98.1. The van der Waals surface area contributed by atoms with Crippen molar-refractivity contribution in [3.8, 4) is 0 Å². The maximum atomic E-state index is 14.3. The summed E-state index contributed by atoms with van der Waals surface area (Å²) >= 11 is 7.59. The first-order valence-corrected chi connectivity index (χ1v) is 26.7. The molecular weight excluding hydrogens is 915 g/mol. The number of carbonyl (C=O) groups is 1. The highest BCUT2D eigenvalue weighted by Crippen LogP contribution is 2.38. The highest BCUT2D eigenvalue weighted by atomic mass is 35.5. The lowest BCUT2D eigenvalue weighted by molar-refractivity contribution is -0.0435. The Bertz CT molecular complexity index is 2480. The van der Waals surface area contributed by atoms with Gasteiger partial charge in [-0.1, -0.05) is 60.3 Å². The lowest BCUT2D eigenvalue weighted by Gasteiger charge is -2.29. The van der Waals surface area contributed by atoms with E-state index in [9.17, 15) is 34.8 Å². The molecule has 3 aliphatic carbocycles. The first-order chi connectivity index (χ1) is 31.2. The Morgan fingerprint density at radius 2 is 1.54 bits per heavy atom.